The molecule has 0 aromatic heterocycles. The maximum absolute atomic E-state index is 14.3. The first kappa shape index (κ1) is 33.8. The van der Waals surface area contributed by atoms with E-state index >= 15 is 0 Å². The van der Waals surface area contributed by atoms with Crippen molar-refractivity contribution in [2.45, 2.75) is 57.3 Å². The van der Waals surface area contributed by atoms with Gasteiger partial charge in [0.1, 0.15) is 18.2 Å². The highest BCUT2D eigenvalue weighted by molar-refractivity contribution is 5.88. The maximum Gasteiger partial charge on any atom is 0.573 e. The third kappa shape index (κ3) is 11.2. The number of unbranched alkanes of at least 4 members (excludes halogenated alkanes) is 1. The molecule has 3 atom stereocenters. The third-order valence-corrected chi connectivity index (χ3v) is 6.19. The Labute approximate surface area is 251 Å². The van der Waals surface area contributed by atoms with Crippen LogP contribution >= 0.6 is 0 Å². The summed E-state index contributed by atoms with van der Waals surface area (Å²) >= 11 is 0. The second-order valence-electron chi connectivity index (χ2n) is 9.68. The molecule has 0 unspecified atom stereocenters. The molecule has 0 spiro atoms. The summed E-state index contributed by atoms with van der Waals surface area (Å²) in [4.78, 5) is 38.9. The summed E-state index contributed by atoms with van der Waals surface area (Å²) in [6.07, 6.45) is -7.08. The van der Waals surface area contributed by atoms with Gasteiger partial charge in [0.25, 0.3) is 5.91 Å². The van der Waals surface area contributed by atoms with Gasteiger partial charge in [-0.25, -0.2) is 14.0 Å². The third-order valence-electron chi connectivity index (χ3n) is 6.19. The molecule has 0 aliphatic carbocycles. The molecule has 0 fully saturated rings. The average molecular weight is 621 g/mol. The van der Waals surface area contributed by atoms with Gasteiger partial charge in [0, 0.05) is 6.07 Å². The van der Waals surface area contributed by atoms with E-state index in [1.54, 1.807) is 60.7 Å². The first-order chi connectivity index (χ1) is 20.9. The Morgan fingerprint density at radius 2 is 1.52 bits per heavy atom. The van der Waals surface area contributed by atoms with Gasteiger partial charge in [0.2, 0.25) is 0 Å². The highest BCUT2D eigenvalue weighted by Gasteiger charge is 2.35. The van der Waals surface area contributed by atoms with E-state index in [9.17, 15) is 37.1 Å². The SMILES string of the molecule is CCCCOC(=O)[C@H](NC(=O)[C@@H](O)[C@@H](Cc1ccccc1)NC(=O)OCc1ccccc1)c1cc(F)cc(OC(F)(F)F)c1. The normalized spacial score (nSPS) is 13.2. The smallest absolute Gasteiger partial charge is 0.464 e. The Kier molecular flexibility index (Phi) is 12.5. The minimum absolute atomic E-state index is 0.0506. The molecule has 13 heteroatoms. The molecule has 3 aromatic carbocycles. The van der Waals surface area contributed by atoms with Crippen LogP contribution in [0.25, 0.3) is 0 Å². The topological polar surface area (TPSA) is 123 Å². The van der Waals surface area contributed by atoms with Crippen molar-refractivity contribution in [1.82, 2.24) is 10.6 Å². The highest BCUT2D eigenvalue weighted by Crippen LogP contribution is 2.28. The number of carbonyl (C=O) groups is 3. The molecule has 44 heavy (non-hydrogen) atoms. The molecular weight excluding hydrogens is 588 g/mol. The summed E-state index contributed by atoms with van der Waals surface area (Å²) in [7, 11) is 0. The largest absolute Gasteiger partial charge is 0.573 e. The van der Waals surface area contributed by atoms with E-state index < -0.39 is 59.6 Å². The standard InChI is InChI=1S/C31H32F4N2O7/c1-2-3-14-42-29(40)26(22-16-23(32)18-24(17-22)44-31(33,34)35)37-28(39)27(38)25(15-20-10-6-4-7-11-20)36-30(41)43-19-21-12-8-5-9-13-21/h4-13,16-18,25-27,38H,2-3,14-15,19H2,1H3,(H,36,41)(H,37,39)/t25-,26-,27+/m1/s1. The number of hydrogen-bond acceptors (Lipinski definition) is 7. The molecule has 0 saturated carbocycles. The number of alkyl carbamates (subject to hydrolysis) is 1. The van der Waals surface area contributed by atoms with Gasteiger partial charge in [-0.3, -0.25) is 4.79 Å². The minimum atomic E-state index is -5.16. The van der Waals surface area contributed by atoms with E-state index in [0.717, 1.165) is 12.1 Å². The summed E-state index contributed by atoms with van der Waals surface area (Å²) in [5.41, 5.74) is 0.886. The van der Waals surface area contributed by atoms with Crippen molar-refractivity contribution < 1.29 is 51.3 Å². The van der Waals surface area contributed by atoms with Crippen LogP contribution in [0.4, 0.5) is 22.4 Å². The number of halogens is 4. The number of benzene rings is 3. The zero-order valence-electron chi connectivity index (χ0n) is 23.7. The predicted octanol–water partition coefficient (Wildman–Crippen LogP) is 5.12. The summed E-state index contributed by atoms with van der Waals surface area (Å²) in [6.45, 7) is 1.64. The number of nitrogens with one attached hydrogen (secondary N) is 2. The van der Waals surface area contributed by atoms with Gasteiger partial charge in [-0.05, 0) is 41.7 Å². The van der Waals surface area contributed by atoms with Crippen LogP contribution < -0.4 is 15.4 Å². The number of ether oxygens (including phenoxy) is 3. The fourth-order valence-electron chi connectivity index (χ4n) is 4.06. The van der Waals surface area contributed by atoms with Crippen LogP contribution in [0.2, 0.25) is 0 Å². The van der Waals surface area contributed by atoms with Crippen LogP contribution in [0.15, 0.2) is 78.9 Å². The Hall–Kier alpha value is -4.65. The number of rotatable bonds is 14. The molecular formula is C31H32F4N2O7. The van der Waals surface area contributed by atoms with Crippen LogP contribution in [0, 0.1) is 5.82 Å². The van der Waals surface area contributed by atoms with E-state index in [2.05, 4.69) is 15.4 Å². The Bertz CT molecular complexity index is 1370. The number of esters is 1. The molecule has 3 rings (SSSR count). The van der Waals surface area contributed by atoms with E-state index in [-0.39, 0.29) is 19.6 Å². The van der Waals surface area contributed by atoms with Crippen molar-refractivity contribution in [3.8, 4) is 5.75 Å². The molecule has 3 N–H and O–H groups in total. The number of amides is 2. The van der Waals surface area contributed by atoms with Crippen LogP contribution in [-0.4, -0.2) is 48.2 Å². The molecule has 0 aliphatic heterocycles. The molecule has 3 aromatic rings. The lowest BCUT2D eigenvalue weighted by Crippen LogP contribution is -2.53. The maximum atomic E-state index is 14.3. The van der Waals surface area contributed by atoms with Crippen molar-refractivity contribution in [2.75, 3.05) is 6.61 Å². The average Bonchev–Trinajstić information content (AvgIpc) is 2.98. The first-order valence-corrected chi connectivity index (χ1v) is 13.7. The fourth-order valence-corrected chi connectivity index (χ4v) is 4.06. The molecule has 2 amide bonds. The molecule has 236 valence electrons. The van der Waals surface area contributed by atoms with Gasteiger partial charge in [-0.15, -0.1) is 13.2 Å². The lowest BCUT2D eigenvalue weighted by atomic mass is 9.99. The van der Waals surface area contributed by atoms with Gasteiger partial charge in [-0.1, -0.05) is 74.0 Å². The molecule has 0 bridgehead atoms. The summed E-state index contributed by atoms with van der Waals surface area (Å²) in [6, 6.07) is 16.1. The van der Waals surface area contributed by atoms with Crippen LogP contribution in [0.5, 0.6) is 5.75 Å². The monoisotopic (exact) mass is 620 g/mol. The molecule has 0 aliphatic rings. The Morgan fingerprint density at radius 1 is 0.886 bits per heavy atom. The number of hydrogen-bond donors (Lipinski definition) is 3. The van der Waals surface area contributed by atoms with Crippen LogP contribution in [0.3, 0.4) is 0 Å². The summed E-state index contributed by atoms with van der Waals surface area (Å²) in [5.74, 6) is -4.47. The van der Waals surface area contributed by atoms with E-state index in [1.807, 2.05) is 6.92 Å². The minimum Gasteiger partial charge on any atom is -0.464 e. The lowest BCUT2D eigenvalue weighted by molar-refractivity contribution is -0.274. The van der Waals surface area contributed by atoms with E-state index in [0.29, 0.717) is 30.0 Å². The van der Waals surface area contributed by atoms with Crippen molar-refractivity contribution in [2.24, 2.45) is 0 Å². The predicted molar refractivity (Wildman–Crippen MR) is 150 cm³/mol. The second-order valence-corrected chi connectivity index (χ2v) is 9.68. The van der Waals surface area contributed by atoms with Crippen LogP contribution in [-0.2, 0) is 32.1 Å². The number of aliphatic hydroxyl groups excluding tert-OH is 1. The van der Waals surface area contributed by atoms with Gasteiger partial charge >= 0.3 is 18.4 Å². The zero-order valence-corrected chi connectivity index (χ0v) is 23.7. The summed E-state index contributed by atoms with van der Waals surface area (Å²) < 4.78 is 66.9. The zero-order chi connectivity index (χ0) is 32.1. The quantitative estimate of drug-likeness (QED) is 0.130. The fraction of sp³-hybridized carbons (Fsp3) is 0.323. The number of carbonyl (C=O) groups excluding carboxylic acids is 3. The summed E-state index contributed by atoms with van der Waals surface area (Å²) in [5, 5.41) is 15.7. The van der Waals surface area contributed by atoms with Gasteiger partial charge in [-0.2, -0.15) is 0 Å². The Morgan fingerprint density at radius 3 is 2.14 bits per heavy atom. The highest BCUT2D eigenvalue weighted by atomic mass is 19.4. The molecule has 0 radical (unpaired) electrons. The van der Waals surface area contributed by atoms with Gasteiger partial charge in [0.05, 0.1) is 12.6 Å². The van der Waals surface area contributed by atoms with E-state index in [1.165, 1.54) is 0 Å². The molecule has 9 nitrogen and oxygen atoms in total. The first-order valence-electron chi connectivity index (χ1n) is 13.7. The van der Waals surface area contributed by atoms with E-state index in [4.69, 9.17) is 9.47 Å². The molecule has 0 saturated heterocycles. The van der Waals surface area contributed by atoms with Crippen molar-refractivity contribution >= 4 is 18.0 Å². The number of alkyl halides is 3. The van der Waals surface area contributed by atoms with Gasteiger partial charge in [0.15, 0.2) is 12.1 Å². The molecule has 0 heterocycles. The van der Waals surface area contributed by atoms with Crippen molar-refractivity contribution in [3.05, 3.63) is 101 Å². The van der Waals surface area contributed by atoms with Crippen LogP contribution in [0.1, 0.15) is 42.5 Å². The number of aliphatic hydroxyl groups is 1. The van der Waals surface area contributed by atoms with Gasteiger partial charge < -0.3 is 30.0 Å². The van der Waals surface area contributed by atoms with Crippen molar-refractivity contribution in [1.29, 1.82) is 0 Å². The lowest BCUT2D eigenvalue weighted by Gasteiger charge is -2.26. The Balaban J connectivity index is 1.84. The second kappa shape index (κ2) is 16.3. The van der Waals surface area contributed by atoms with Crippen molar-refractivity contribution in [3.63, 3.8) is 0 Å².